The highest BCUT2D eigenvalue weighted by Crippen LogP contribution is 2.38. The number of hydrogen-bond acceptors (Lipinski definition) is 2. The summed E-state index contributed by atoms with van der Waals surface area (Å²) in [6.45, 7) is 6.70. The number of pyridine rings is 1. The van der Waals surface area contributed by atoms with E-state index in [4.69, 9.17) is 5.73 Å². The fraction of sp³-hybridized carbons (Fsp3) is 0.688. The summed E-state index contributed by atoms with van der Waals surface area (Å²) in [7, 11) is 0. The Kier molecular flexibility index (Phi) is 4.39. The zero-order valence-corrected chi connectivity index (χ0v) is 11.9. The number of rotatable bonds is 3. The summed E-state index contributed by atoms with van der Waals surface area (Å²) in [5.74, 6) is 2.37. The Morgan fingerprint density at radius 1 is 1.11 bits per heavy atom. The van der Waals surface area contributed by atoms with Crippen LogP contribution < -0.4 is 5.73 Å². The minimum atomic E-state index is 0.172. The standard InChI is InChI=1S/C16H26N2/c1-11(2)13-6-8-14(9-7-13)16(17)15-5-4-12(3)18-10-15/h4-5,10-11,13-14,16H,6-9,17H2,1-3H3. The van der Waals surface area contributed by atoms with Gasteiger partial charge in [-0.3, -0.25) is 4.98 Å². The van der Waals surface area contributed by atoms with Crippen molar-refractivity contribution in [2.75, 3.05) is 0 Å². The van der Waals surface area contributed by atoms with Gasteiger partial charge in [0, 0.05) is 17.9 Å². The third-order valence-electron chi connectivity index (χ3n) is 4.59. The third-order valence-corrected chi connectivity index (χ3v) is 4.59. The molecule has 18 heavy (non-hydrogen) atoms. The topological polar surface area (TPSA) is 38.9 Å². The van der Waals surface area contributed by atoms with Crippen LogP contribution in [0.15, 0.2) is 18.3 Å². The molecule has 1 heterocycles. The molecule has 2 N–H and O–H groups in total. The van der Waals surface area contributed by atoms with Crippen LogP contribution >= 0.6 is 0 Å². The van der Waals surface area contributed by atoms with Gasteiger partial charge in [-0.05, 0) is 62.0 Å². The zero-order chi connectivity index (χ0) is 13.1. The normalized spacial score (nSPS) is 26.3. The lowest BCUT2D eigenvalue weighted by Crippen LogP contribution is -2.27. The number of hydrogen-bond donors (Lipinski definition) is 1. The van der Waals surface area contributed by atoms with Gasteiger partial charge in [0.15, 0.2) is 0 Å². The average molecular weight is 246 g/mol. The molecule has 0 saturated heterocycles. The van der Waals surface area contributed by atoms with Gasteiger partial charge in [-0.2, -0.15) is 0 Å². The summed E-state index contributed by atoms with van der Waals surface area (Å²) in [6, 6.07) is 4.38. The summed E-state index contributed by atoms with van der Waals surface area (Å²) in [6.07, 6.45) is 7.19. The van der Waals surface area contributed by atoms with E-state index in [1.54, 1.807) is 0 Å². The Morgan fingerprint density at radius 2 is 1.72 bits per heavy atom. The van der Waals surface area contributed by atoms with Crippen LogP contribution in [-0.2, 0) is 0 Å². The molecular formula is C16H26N2. The molecule has 1 unspecified atom stereocenters. The van der Waals surface area contributed by atoms with Gasteiger partial charge >= 0.3 is 0 Å². The van der Waals surface area contributed by atoms with Crippen molar-refractivity contribution in [2.45, 2.75) is 52.5 Å². The SMILES string of the molecule is Cc1ccc(C(N)C2CCC(C(C)C)CC2)cn1. The molecule has 2 rings (SSSR count). The zero-order valence-electron chi connectivity index (χ0n) is 11.9. The second-order valence-electron chi connectivity index (χ2n) is 6.18. The molecular weight excluding hydrogens is 220 g/mol. The van der Waals surface area contributed by atoms with Crippen molar-refractivity contribution in [2.24, 2.45) is 23.5 Å². The van der Waals surface area contributed by atoms with E-state index in [0.717, 1.165) is 17.5 Å². The quantitative estimate of drug-likeness (QED) is 0.879. The minimum Gasteiger partial charge on any atom is -0.324 e. The van der Waals surface area contributed by atoms with Gasteiger partial charge in [0.05, 0.1) is 0 Å². The summed E-state index contributed by atoms with van der Waals surface area (Å²) in [5.41, 5.74) is 8.67. The van der Waals surface area contributed by atoms with Crippen molar-refractivity contribution >= 4 is 0 Å². The van der Waals surface area contributed by atoms with Crippen molar-refractivity contribution in [3.63, 3.8) is 0 Å². The van der Waals surface area contributed by atoms with Crippen LogP contribution in [0, 0.1) is 24.7 Å². The molecule has 2 nitrogen and oxygen atoms in total. The van der Waals surface area contributed by atoms with E-state index < -0.39 is 0 Å². The average Bonchev–Trinajstić information content (AvgIpc) is 2.39. The van der Waals surface area contributed by atoms with Gasteiger partial charge in [0.1, 0.15) is 0 Å². The Hall–Kier alpha value is -0.890. The molecule has 0 radical (unpaired) electrons. The highest BCUT2D eigenvalue weighted by atomic mass is 14.7. The van der Waals surface area contributed by atoms with Crippen LogP contribution in [0.3, 0.4) is 0 Å². The van der Waals surface area contributed by atoms with E-state index in [2.05, 4.69) is 31.0 Å². The van der Waals surface area contributed by atoms with Crippen LogP contribution in [0.25, 0.3) is 0 Å². The molecule has 0 spiro atoms. The van der Waals surface area contributed by atoms with E-state index in [-0.39, 0.29) is 6.04 Å². The van der Waals surface area contributed by atoms with Gasteiger partial charge in [0.2, 0.25) is 0 Å². The first kappa shape index (κ1) is 13.5. The summed E-state index contributed by atoms with van der Waals surface area (Å²) in [4.78, 5) is 4.36. The van der Waals surface area contributed by atoms with Gasteiger partial charge in [0.25, 0.3) is 0 Å². The number of nitrogens with zero attached hydrogens (tertiary/aromatic N) is 1. The van der Waals surface area contributed by atoms with Crippen LogP contribution in [-0.4, -0.2) is 4.98 Å². The molecule has 100 valence electrons. The second kappa shape index (κ2) is 5.83. The maximum atomic E-state index is 6.40. The summed E-state index contributed by atoms with van der Waals surface area (Å²) >= 11 is 0. The fourth-order valence-electron chi connectivity index (χ4n) is 3.12. The molecule has 1 aliphatic rings. The first-order chi connectivity index (χ1) is 8.58. The molecule has 1 fully saturated rings. The maximum absolute atomic E-state index is 6.40. The van der Waals surface area contributed by atoms with Crippen molar-refractivity contribution in [3.8, 4) is 0 Å². The molecule has 1 atom stereocenters. The summed E-state index contributed by atoms with van der Waals surface area (Å²) < 4.78 is 0. The molecule has 0 aliphatic heterocycles. The van der Waals surface area contributed by atoms with Crippen LogP contribution in [0.5, 0.6) is 0 Å². The van der Waals surface area contributed by atoms with Gasteiger partial charge < -0.3 is 5.73 Å². The van der Waals surface area contributed by atoms with E-state index in [1.807, 2.05) is 13.1 Å². The van der Waals surface area contributed by atoms with Gasteiger partial charge in [-0.15, -0.1) is 0 Å². The lowest BCUT2D eigenvalue weighted by Gasteiger charge is -2.34. The molecule has 1 aromatic rings. The van der Waals surface area contributed by atoms with Crippen LogP contribution in [0.2, 0.25) is 0 Å². The highest BCUT2D eigenvalue weighted by molar-refractivity contribution is 5.17. The van der Waals surface area contributed by atoms with E-state index in [0.29, 0.717) is 5.92 Å². The van der Waals surface area contributed by atoms with E-state index >= 15 is 0 Å². The van der Waals surface area contributed by atoms with E-state index in [9.17, 15) is 0 Å². The predicted octanol–water partition coefficient (Wildman–Crippen LogP) is 3.85. The Balaban J connectivity index is 1.95. The number of aryl methyl sites for hydroxylation is 1. The van der Waals surface area contributed by atoms with Crippen molar-refractivity contribution in [1.29, 1.82) is 0 Å². The first-order valence-electron chi connectivity index (χ1n) is 7.26. The number of aromatic nitrogens is 1. The van der Waals surface area contributed by atoms with Crippen molar-refractivity contribution in [1.82, 2.24) is 4.98 Å². The molecule has 1 aliphatic carbocycles. The highest BCUT2D eigenvalue weighted by Gasteiger charge is 2.27. The van der Waals surface area contributed by atoms with Gasteiger partial charge in [-0.25, -0.2) is 0 Å². The Bertz CT molecular complexity index is 361. The third kappa shape index (κ3) is 3.11. The van der Waals surface area contributed by atoms with Crippen LogP contribution in [0.4, 0.5) is 0 Å². The number of nitrogens with two attached hydrogens (primary N) is 1. The minimum absolute atomic E-state index is 0.172. The molecule has 1 saturated carbocycles. The molecule has 1 aromatic heterocycles. The lowest BCUT2D eigenvalue weighted by atomic mass is 9.74. The predicted molar refractivity (Wildman–Crippen MR) is 76.2 cm³/mol. The smallest absolute Gasteiger partial charge is 0.0372 e. The molecule has 0 aromatic carbocycles. The maximum Gasteiger partial charge on any atom is 0.0372 e. The van der Waals surface area contributed by atoms with Crippen molar-refractivity contribution in [3.05, 3.63) is 29.6 Å². The second-order valence-corrected chi connectivity index (χ2v) is 6.18. The summed E-state index contributed by atoms with van der Waals surface area (Å²) in [5, 5.41) is 0. The first-order valence-corrected chi connectivity index (χ1v) is 7.26. The Labute approximate surface area is 111 Å². The van der Waals surface area contributed by atoms with Crippen molar-refractivity contribution < 1.29 is 0 Å². The van der Waals surface area contributed by atoms with Crippen LogP contribution in [0.1, 0.15) is 56.8 Å². The van der Waals surface area contributed by atoms with E-state index in [1.165, 1.54) is 31.2 Å². The Morgan fingerprint density at radius 3 is 2.22 bits per heavy atom. The molecule has 0 bridgehead atoms. The molecule has 2 heteroatoms. The van der Waals surface area contributed by atoms with Gasteiger partial charge in [-0.1, -0.05) is 19.9 Å². The largest absolute Gasteiger partial charge is 0.324 e. The lowest BCUT2D eigenvalue weighted by molar-refractivity contribution is 0.203. The monoisotopic (exact) mass is 246 g/mol. The fourth-order valence-corrected chi connectivity index (χ4v) is 3.12. The molecule has 0 amide bonds.